The van der Waals surface area contributed by atoms with Crippen molar-refractivity contribution in [2.24, 2.45) is 0 Å². The Balaban J connectivity index is 1.92. The van der Waals surface area contributed by atoms with Crippen LogP contribution < -0.4 is 5.32 Å². The van der Waals surface area contributed by atoms with Gasteiger partial charge in [-0.05, 0) is 25.0 Å². The number of hydrogen-bond acceptors (Lipinski definition) is 3. The van der Waals surface area contributed by atoms with Crippen molar-refractivity contribution < 1.29 is 9.84 Å². The molecule has 1 fully saturated rings. The van der Waals surface area contributed by atoms with Crippen LogP contribution in [0.3, 0.4) is 0 Å². The summed E-state index contributed by atoms with van der Waals surface area (Å²) in [4.78, 5) is 0. The topological polar surface area (TPSA) is 41.5 Å². The molecule has 0 aromatic heterocycles. The van der Waals surface area contributed by atoms with Crippen LogP contribution in [-0.2, 0) is 4.74 Å². The van der Waals surface area contributed by atoms with Crippen LogP contribution in [-0.4, -0.2) is 30.5 Å². The van der Waals surface area contributed by atoms with Gasteiger partial charge in [-0.15, -0.1) is 0 Å². The third-order valence-electron chi connectivity index (χ3n) is 3.82. The third kappa shape index (κ3) is 3.31. The number of rotatable bonds is 4. The Labute approximate surface area is 109 Å². The SMILES string of the molecule is Cc1ccccc1C(C)NCC1(O)CCOCC1. The summed E-state index contributed by atoms with van der Waals surface area (Å²) in [6.07, 6.45) is 1.45. The molecule has 1 unspecified atom stereocenters. The van der Waals surface area contributed by atoms with Gasteiger partial charge in [0, 0.05) is 38.6 Å². The summed E-state index contributed by atoms with van der Waals surface area (Å²) >= 11 is 0. The highest BCUT2D eigenvalue weighted by molar-refractivity contribution is 5.28. The van der Waals surface area contributed by atoms with Crippen molar-refractivity contribution in [3.8, 4) is 0 Å². The van der Waals surface area contributed by atoms with E-state index in [1.54, 1.807) is 0 Å². The zero-order chi connectivity index (χ0) is 13.0. The Morgan fingerprint density at radius 1 is 1.33 bits per heavy atom. The number of aliphatic hydroxyl groups is 1. The van der Waals surface area contributed by atoms with Crippen molar-refractivity contribution >= 4 is 0 Å². The Morgan fingerprint density at radius 3 is 2.67 bits per heavy atom. The molecule has 100 valence electrons. The molecule has 1 atom stereocenters. The molecule has 0 amide bonds. The maximum absolute atomic E-state index is 10.4. The predicted octanol–water partition coefficient (Wildman–Crippen LogP) is 2.19. The molecule has 1 aromatic carbocycles. The highest BCUT2D eigenvalue weighted by atomic mass is 16.5. The van der Waals surface area contributed by atoms with Gasteiger partial charge in [-0.1, -0.05) is 24.3 Å². The second-order valence-corrected chi connectivity index (χ2v) is 5.30. The van der Waals surface area contributed by atoms with E-state index in [4.69, 9.17) is 4.74 Å². The smallest absolute Gasteiger partial charge is 0.0815 e. The maximum atomic E-state index is 10.4. The summed E-state index contributed by atoms with van der Waals surface area (Å²) in [6, 6.07) is 8.64. The number of ether oxygens (including phenoxy) is 1. The molecule has 1 aliphatic rings. The van der Waals surface area contributed by atoms with E-state index in [0.29, 0.717) is 19.8 Å². The first-order chi connectivity index (χ1) is 8.61. The normalized spacial score (nSPS) is 20.6. The fourth-order valence-electron chi connectivity index (χ4n) is 2.45. The Morgan fingerprint density at radius 2 is 2.00 bits per heavy atom. The largest absolute Gasteiger partial charge is 0.388 e. The van der Waals surface area contributed by atoms with Crippen molar-refractivity contribution in [1.82, 2.24) is 5.32 Å². The molecule has 1 heterocycles. The van der Waals surface area contributed by atoms with Gasteiger partial charge in [0.05, 0.1) is 5.60 Å². The van der Waals surface area contributed by atoms with Crippen LogP contribution in [0.5, 0.6) is 0 Å². The summed E-state index contributed by atoms with van der Waals surface area (Å²) in [5.74, 6) is 0. The van der Waals surface area contributed by atoms with E-state index in [1.807, 2.05) is 0 Å². The number of aryl methyl sites for hydroxylation is 1. The molecule has 1 aromatic rings. The van der Waals surface area contributed by atoms with E-state index in [1.165, 1.54) is 11.1 Å². The quantitative estimate of drug-likeness (QED) is 0.859. The lowest BCUT2D eigenvalue weighted by Crippen LogP contribution is -2.45. The Kier molecular flexibility index (Phi) is 4.38. The average molecular weight is 249 g/mol. The van der Waals surface area contributed by atoms with Crippen molar-refractivity contribution in [3.05, 3.63) is 35.4 Å². The first-order valence-electron chi connectivity index (χ1n) is 6.70. The van der Waals surface area contributed by atoms with E-state index in [0.717, 1.165) is 12.8 Å². The van der Waals surface area contributed by atoms with E-state index >= 15 is 0 Å². The molecular formula is C15H23NO2. The van der Waals surface area contributed by atoms with Gasteiger partial charge in [0.25, 0.3) is 0 Å². The number of benzene rings is 1. The second kappa shape index (κ2) is 5.83. The minimum absolute atomic E-state index is 0.262. The van der Waals surface area contributed by atoms with Gasteiger partial charge >= 0.3 is 0 Å². The highest BCUT2D eigenvalue weighted by Gasteiger charge is 2.29. The van der Waals surface area contributed by atoms with Gasteiger partial charge in [-0.3, -0.25) is 0 Å². The molecule has 1 aliphatic heterocycles. The van der Waals surface area contributed by atoms with E-state index < -0.39 is 5.60 Å². The van der Waals surface area contributed by atoms with Crippen LogP contribution in [0.2, 0.25) is 0 Å². The van der Waals surface area contributed by atoms with Crippen molar-refractivity contribution in [2.75, 3.05) is 19.8 Å². The van der Waals surface area contributed by atoms with E-state index in [9.17, 15) is 5.11 Å². The molecule has 0 spiro atoms. The summed E-state index contributed by atoms with van der Waals surface area (Å²) in [5, 5.41) is 13.8. The van der Waals surface area contributed by atoms with Gasteiger partial charge in [-0.25, -0.2) is 0 Å². The summed E-state index contributed by atoms with van der Waals surface area (Å²) in [5.41, 5.74) is 1.99. The summed E-state index contributed by atoms with van der Waals surface area (Å²) < 4.78 is 5.29. The maximum Gasteiger partial charge on any atom is 0.0815 e. The fourth-order valence-corrected chi connectivity index (χ4v) is 2.45. The predicted molar refractivity (Wildman–Crippen MR) is 72.6 cm³/mol. The van der Waals surface area contributed by atoms with Crippen LogP contribution >= 0.6 is 0 Å². The van der Waals surface area contributed by atoms with Crippen LogP contribution in [0.25, 0.3) is 0 Å². The average Bonchev–Trinajstić information content (AvgIpc) is 2.38. The lowest BCUT2D eigenvalue weighted by Gasteiger charge is -2.33. The molecule has 18 heavy (non-hydrogen) atoms. The lowest BCUT2D eigenvalue weighted by molar-refractivity contribution is -0.0626. The first-order valence-corrected chi connectivity index (χ1v) is 6.70. The zero-order valence-corrected chi connectivity index (χ0v) is 11.3. The highest BCUT2D eigenvalue weighted by Crippen LogP contribution is 2.22. The molecule has 2 N–H and O–H groups in total. The van der Waals surface area contributed by atoms with Crippen LogP contribution in [0.15, 0.2) is 24.3 Å². The molecule has 3 heteroatoms. The minimum Gasteiger partial charge on any atom is -0.388 e. The molecule has 3 nitrogen and oxygen atoms in total. The fraction of sp³-hybridized carbons (Fsp3) is 0.600. The molecular weight excluding hydrogens is 226 g/mol. The molecule has 0 aliphatic carbocycles. The standard InChI is InChI=1S/C15H23NO2/c1-12-5-3-4-6-14(12)13(2)16-11-15(17)7-9-18-10-8-15/h3-6,13,16-17H,7-11H2,1-2H3. The summed E-state index contributed by atoms with van der Waals surface area (Å²) in [7, 11) is 0. The molecule has 1 saturated heterocycles. The molecule has 0 radical (unpaired) electrons. The van der Waals surface area contributed by atoms with Crippen LogP contribution in [0.4, 0.5) is 0 Å². The third-order valence-corrected chi connectivity index (χ3v) is 3.82. The zero-order valence-electron chi connectivity index (χ0n) is 11.3. The second-order valence-electron chi connectivity index (χ2n) is 5.30. The Hall–Kier alpha value is -0.900. The van der Waals surface area contributed by atoms with E-state index in [2.05, 4.69) is 43.4 Å². The van der Waals surface area contributed by atoms with Crippen molar-refractivity contribution in [3.63, 3.8) is 0 Å². The van der Waals surface area contributed by atoms with Crippen LogP contribution in [0.1, 0.15) is 36.9 Å². The molecule has 0 saturated carbocycles. The van der Waals surface area contributed by atoms with Crippen molar-refractivity contribution in [1.29, 1.82) is 0 Å². The first kappa shape index (κ1) is 13.5. The van der Waals surface area contributed by atoms with Gasteiger partial charge in [0.1, 0.15) is 0 Å². The summed E-state index contributed by atoms with van der Waals surface area (Å²) in [6.45, 7) is 6.22. The van der Waals surface area contributed by atoms with Gasteiger partial charge in [-0.2, -0.15) is 0 Å². The monoisotopic (exact) mass is 249 g/mol. The molecule has 0 bridgehead atoms. The van der Waals surface area contributed by atoms with Crippen molar-refractivity contribution in [2.45, 2.75) is 38.3 Å². The van der Waals surface area contributed by atoms with Crippen LogP contribution in [0, 0.1) is 6.92 Å². The van der Waals surface area contributed by atoms with Gasteiger partial charge in [0.15, 0.2) is 0 Å². The van der Waals surface area contributed by atoms with E-state index in [-0.39, 0.29) is 6.04 Å². The number of nitrogens with one attached hydrogen (secondary N) is 1. The lowest BCUT2D eigenvalue weighted by atomic mass is 9.93. The van der Waals surface area contributed by atoms with Gasteiger partial charge < -0.3 is 15.2 Å². The number of hydrogen-bond donors (Lipinski definition) is 2. The minimum atomic E-state index is -0.602. The Bertz CT molecular complexity index is 386. The molecule has 2 rings (SSSR count). The van der Waals surface area contributed by atoms with Gasteiger partial charge in [0.2, 0.25) is 0 Å².